The van der Waals surface area contributed by atoms with Gasteiger partial charge in [0.15, 0.2) is 0 Å². The minimum atomic E-state index is 0.184. The number of aromatic nitrogens is 2. The van der Waals surface area contributed by atoms with E-state index in [2.05, 4.69) is 20.9 Å². The summed E-state index contributed by atoms with van der Waals surface area (Å²) in [6.45, 7) is 4.24. The summed E-state index contributed by atoms with van der Waals surface area (Å²) >= 11 is 0. The van der Waals surface area contributed by atoms with Gasteiger partial charge >= 0.3 is 0 Å². The molecule has 0 atom stereocenters. The van der Waals surface area contributed by atoms with Gasteiger partial charge in [0.25, 0.3) is 0 Å². The zero-order chi connectivity index (χ0) is 17.8. The number of fused-ring (bicyclic) bond motifs is 1. The number of benzene rings is 1. The highest BCUT2D eigenvalue weighted by molar-refractivity contribution is 5.87. The molecule has 1 fully saturated rings. The molecule has 0 bridgehead atoms. The Morgan fingerprint density at radius 3 is 2.58 bits per heavy atom. The Morgan fingerprint density at radius 1 is 0.962 bits per heavy atom. The largest absolute Gasteiger partial charge is 0.340 e. The fourth-order valence-corrected chi connectivity index (χ4v) is 3.49. The molecule has 0 unspecified atom stereocenters. The van der Waals surface area contributed by atoms with Crippen LogP contribution in [0.1, 0.15) is 11.1 Å². The van der Waals surface area contributed by atoms with Gasteiger partial charge in [-0.1, -0.05) is 30.3 Å². The second kappa shape index (κ2) is 7.62. The fraction of sp³-hybridized carbons (Fsp3) is 0.286. The van der Waals surface area contributed by atoms with Gasteiger partial charge in [-0.05, 0) is 23.3 Å². The molecule has 0 N–H and O–H groups in total. The number of piperazine rings is 1. The maximum absolute atomic E-state index is 12.7. The van der Waals surface area contributed by atoms with E-state index in [1.807, 2.05) is 47.5 Å². The predicted octanol–water partition coefficient (Wildman–Crippen LogP) is 2.52. The van der Waals surface area contributed by atoms with Crippen molar-refractivity contribution in [2.75, 3.05) is 26.2 Å². The van der Waals surface area contributed by atoms with E-state index in [-0.39, 0.29) is 5.91 Å². The minimum Gasteiger partial charge on any atom is -0.340 e. The number of pyridine rings is 2. The van der Waals surface area contributed by atoms with Crippen molar-refractivity contribution in [3.63, 3.8) is 0 Å². The van der Waals surface area contributed by atoms with Crippen molar-refractivity contribution in [2.45, 2.75) is 13.0 Å². The summed E-state index contributed by atoms with van der Waals surface area (Å²) < 4.78 is 0. The van der Waals surface area contributed by atoms with Crippen LogP contribution in [0.15, 0.2) is 61.1 Å². The SMILES string of the molecule is O=C(Cc1cccc2cccnc12)N1CCN(Cc2cccnc2)CC1. The Hall–Kier alpha value is -2.79. The summed E-state index contributed by atoms with van der Waals surface area (Å²) in [4.78, 5) is 25.7. The highest BCUT2D eigenvalue weighted by Crippen LogP contribution is 2.17. The molecule has 1 aliphatic heterocycles. The molecule has 1 aliphatic rings. The van der Waals surface area contributed by atoms with Gasteiger partial charge < -0.3 is 4.90 Å². The van der Waals surface area contributed by atoms with Gasteiger partial charge in [0.2, 0.25) is 5.91 Å². The Kier molecular flexibility index (Phi) is 4.88. The number of rotatable bonds is 4. The van der Waals surface area contributed by atoms with Crippen molar-refractivity contribution >= 4 is 16.8 Å². The van der Waals surface area contributed by atoms with Crippen LogP contribution in [0.2, 0.25) is 0 Å². The number of carbonyl (C=O) groups is 1. The molecule has 1 aromatic carbocycles. The maximum Gasteiger partial charge on any atom is 0.227 e. The monoisotopic (exact) mass is 346 g/mol. The van der Waals surface area contributed by atoms with Crippen LogP contribution in [0.4, 0.5) is 0 Å². The lowest BCUT2D eigenvalue weighted by molar-refractivity contribution is -0.132. The molecule has 2 aromatic heterocycles. The van der Waals surface area contributed by atoms with Crippen LogP contribution in [-0.4, -0.2) is 51.9 Å². The molecule has 1 saturated heterocycles. The molecule has 5 heteroatoms. The molecule has 4 rings (SSSR count). The van der Waals surface area contributed by atoms with E-state index in [9.17, 15) is 4.79 Å². The molecule has 5 nitrogen and oxygen atoms in total. The highest BCUT2D eigenvalue weighted by atomic mass is 16.2. The third-order valence-electron chi connectivity index (χ3n) is 4.91. The Balaban J connectivity index is 1.36. The van der Waals surface area contributed by atoms with Gasteiger partial charge in [-0.2, -0.15) is 0 Å². The fourth-order valence-electron chi connectivity index (χ4n) is 3.49. The third-order valence-corrected chi connectivity index (χ3v) is 4.91. The second-order valence-electron chi connectivity index (χ2n) is 6.69. The predicted molar refractivity (Wildman–Crippen MR) is 102 cm³/mol. The highest BCUT2D eigenvalue weighted by Gasteiger charge is 2.21. The van der Waals surface area contributed by atoms with Crippen molar-refractivity contribution in [1.82, 2.24) is 19.8 Å². The van der Waals surface area contributed by atoms with Gasteiger partial charge in [-0.3, -0.25) is 19.7 Å². The zero-order valence-electron chi connectivity index (χ0n) is 14.7. The molecule has 0 saturated carbocycles. The maximum atomic E-state index is 12.7. The molecule has 0 radical (unpaired) electrons. The van der Waals surface area contributed by atoms with E-state index >= 15 is 0 Å². The Bertz CT molecular complexity index is 883. The second-order valence-corrected chi connectivity index (χ2v) is 6.69. The lowest BCUT2D eigenvalue weighted by Gasteiger charge is -2.34. The van der Waals surface area contributed by atoms with Crippen LogP contribution in [0, 0.1) is 0 Å². The summed E-state index contributed by atoms with van der Waals surface area (Å²) in [5.41, 5.74) is 3.15. The van der Waals surface area contributed by atoms with E-state index in [0.717, 1.165) is 49.2 Å². The smallest absolute Gasteiger partial charge is 0.227 e. The molecule has 0 aliphatic carbocycles. The van der Waals surface area contributed by atoms with Crippen LogP contribution < -0.4 is 0 Å². The standard InChI is InChI=1S/C21H22N4O/c26-20(14-19-6-1-5-18-7-3-9-23-21(18)19)25-12-10-24(11-13-25)16-17-4-2-8-22-15-17/h1-9,15H,10-14,16H2. The summed E-state index contributed by atoms with van der Waals surface area (Å²) in [7, 11) is 0. The van der Waals surface area contributed by atoms with Crippen molar-refractivity contribution in [3.05, 3.63) is 72.2 Å². The van der Waals surface area contributed by atoms with Gasteiger partial charge in [-0.15, -0.1) is 0 Å². The summed E-state index contributed by atoms with van der Waals surface area (Å²) in [6.07, 6.45) is 5.90. The summed E-state index contributed by atoms with van der Waals surface area (Å²) in [6, 6.07) is 14.1. The van der Waals surface area contributed by atoms with E-state index in [1.165, 1.54) is 5.56 Å². The van der Waals surface area contributed by atoms with Crippen LogP contribution in [0.25, 0.3) is 10.9 Å². The number of para-hydroxylation sites is 1. The van der Waals surface area contributed by atoms with Crippen LogP contribution in [0.5, 0.6) is 0 Å². The van der Waals surface area contributed by atoms with Crippen LogP contribution in [-0.2, 0) is 17.8 Å². The van der Waals surface area contributed by atoms with Gasteiger partial charge in [0, 0.05) is 56.7 Å². The van der Waals surface area contributed by atoms with E-state index in [4.69, 9.17) is 0 Å². The molecule has 1 amide bonds. The first kappa shape index (κ1) is 16.7. The molecule has 132 valence electrons. The first-order chi connectivity index (χ1) is 12.8. The van der Waals surface area contributed by atoms with Crippen molar-refractivity contribution in [1.29, 1.82) is 0 Å². The summed E-state index contributed by atoms with van der Waals surface area (Å²) in [5, 5.41) is 1.08. The van der Waals surface area contributed by atoms with Gasteiger partial charge in [-0.25, -0.2) is 0 Å². The number of nitrogens with zero attached hydrogens (tertiary/aromatic N) is 4. The van der Waals surface area contributed by atoms with Crippen molar-refractivity contribution in [3.8, 4) is 0 Å². The Labute approximate surface area is 153 Å². The van der Waals surface area contributed by atoms with Crippen LogP contribution >= 0.6 is 0 Å². The molecular weight excluding hydrogens is 324 g/mol. The lowest BCUT2D eigenvalue weighted by atomic mass is 10.1. The first-order valence-corrected chi connectivity index (χ1v) is 9.01. The normalized spacial score (nSPS) is 15.3. The molecule has 3 heterocycles. The molecule has 0 spiro atoms. The average Bonchev–Trinajstić information content (AvgIpc) is 2.70. The molecular formula is C21H22N4O. The van der Waals surface area contributed by atoms with E-state index in [0.29, 0.717) is 6.42 Å². The third kappa shape index (κ3) is 3.73. The van der Waals surface area contributed by atoms with Crippen LogP contribution in [0.3, 0.4) is 0 Å². The number of amides is 1. The van der Waals surface area contributed by atoms with Gasteiger partial charge in [0.1, 0.15) is 0 Å². The van der Waals surface area contributed by atoms with E-state index in [1.54, 1.807) is 12.4 Å². The molecule has 3 aromatic rings. The number of hydrogen-bond acceptors (Lipinski definition) is 4. The first-order valence-electron chi connectivity index (χ1n) is 9.01. The summed E-state index contributed by atoms with van der Waals surface area (Å²) in [5.74, 6) is 0.184. The van der Waals surface area contributed by atoms with Gasteiger partial charge in [0.05, 0.1) is 11.9 Å². The van der Waals surface area contributed by atoms with E-state index < -0.39 is 0 Å². The topological polar surface area (TPSA) is 49.3 Å². The lowest BCUT2D eigenvalue weighted by Crippen LogP contribution is -2.48. The van der Waals surface area contributed by atoms with Crippen molar-refractivity contribution < 1.29 is 4.79 Å². The quantitative estimate of drug-likeness (QED) is 0.728. The molecule has 26 heavy (non-hydrogen) atoms. The number of carbonyl (C=O) groups excluding carboxylic acids is 1. The number of hydrogen-bond donors (Lipinski definition) is 0. The van der Waals surface area contributed by atoms with Crippen molar-refractivity contribution in [2.24, 2.45) is 0 Å². The Morgan fingerprint density at radius 2 is 1.77 bits per heavy atom. The minimum absolute atomic E-state index is 0.184. The average molecular weight is 346 g/mol. The zero-order valence-corrected chi connectivity index (χ0v) is 14.7.